The van der Waals surface area contributed by atoms with Gasteiger partial charge in [0.1, 0.15) is 5.97 Å². The fourth-order valence-electron chi connectivity index (χ4n) is 0.711. The zero-order valence-electron chi connectivity index (χ0n) is 6.57. The number of hydrogen-bond acceptors (Lipinski definition) is 4. The Kier molecular flexibility index (Phi) is 5.26. The van der Waals surface area contributed by atoms with Crippen molar-refractivity contribution in [1.29, 1.82) is 0 Å². The number of aromatic amines is 1. The number of carboxylic acids is 2. The molecule has 6 heteroatoms. The number of carbonyl (C=O) groups excluding carboxylic acids is 2. The van der Waals surface area contributed by atoms with Crippen LogP contribution in [0.15, 0.2) is 18.3 Å². The van der Waals surface area contributed by atoms with Crippen molar-refractivity contribution in [3.63, 3.8) is 0 Å². The van der Waals surface area contributed by atoms with Crippen LogP contribution in [0.25, 0.3) is 0 Å². The largest absolute Gasteiger partial charge is 2.00 e. The second-order valence-electron chi connectivity index (χ2n) is 2.07. The number of aromatic carboxylic acids is 2. The first kappa shape index (κ1) is 12.7. The molecule has 1 heterocycles. The summed E-state index contributed by atoms with van der Waals surface area (Å²) >= 11 is 0. The Morgan fingerprint density at radius 1 is 1.23 bits per heavy atom. The first-order valence-corrected chi connectivity index (χ1v) is 3.05. The molecule has 1 N–H and O–H groups in total. The Balaban J connectivity index is 0.00000144. The van der Waals surface area contributed by atoms with Crippen LogP contribution < -0.4 is 15.2 Å². The molecule has 0 aliphatic rings. The molecule has 0 radical (unpaired) electrons. The Morgan fingerprint density at radius 3 is 2.31 bits per heavy atom. The van der Waals surface area contributed by atoms with Crippen LogP contribution >= 0.6 is 0 Å². The maximum absolute atomic E-state index is 10.2. The molecule has 0 aliphatic carbocycles. The SMILES string of the molecule is O=C([O-])c1cc[nH+]c(C(=O)[O-])c1.[Ba+2]. The van der Waals surface area contributed by atoms with E-state index >= 15 is 0 Å². The third-order valence-corrected chi connectivity index (χ3v) is 1.26. The summed E-state index contributed by atoms with van der Waals surface area (Å²) in [5.41, 5.74) is -0.496. The number of rotatable bonds is 2. The molecule has 0 unspecified atom stereocenters. The van der Waals surface area contributed by atoms with Crippen molar-refractivity contribution in [3.05, 3.63) is 29.6 Å². The van der Waals surface area contributed by atoms with Gasteiger partial charge < -0.3 is 19.8 Å². The van der Waals surface area contributed by atoms with E-state index < -0.39 is 11.9 Å². The van der Waals surface area contributed by atoms with Crippen molar-refractivity contribution in [3.8, 4) is 0 Å². The molecule has 0 atom stereocenters. The second kappa shape index (κ2) is 5.40. The molecule has 0 amide bonds. The van der Waals surface area contributed by atoms with E-state index in [2.05, 4.69) is 4.98 Å². The van der Waals surface area contributed by atoms with E-state index in [1.54, 1.807) is 0 Å². The average molecular weight is 303 g/mol. The maximum atomic E-state index is 10.2. The van der Waals surface area contributed by atoms with E-state index in [0.717, 1.165) is 6.07 Å². The molecule has 0 fully saturated rings. The van der Waals surface area contributed by atoms with Crippen LogP contribution in [0.3, 0.4) is 0 Å². The molecule has 0 spiro atoms. The molecule has 0 bridgehead atoms. The average Bonchev–Trinajstić information content (AvgIpc) is 2.04. The minimum absolute atomic E-state index is 0. The number of aromatic nitrogens is 1. The van der Waals surface area contributed by atoms with Crippen LogP contribution in [-0.4, -0.2) is 60.8 Å². The van der Waals surface area contributed by atoms with Crippen molar-refractivity contribution in [2.24, 2.45) is 0 Å². The standard InChI is InChI=1S/C7H5NO4.Ba/c9-6(10)4-1-2-8-5(3-4)7(11)12;/h1-3H,(H,9,10)(H,11,12);/q;+2/p-1. The molecule has 1 aromatic rings. The van der Waals surface area contributed by atoms with Gasteiger partial charge in [-0.3, -0.25) is 0 Å². The van der Waals surface area contributed by atoms with Crippen molar-refractivity contribution in [2.45, 2.75) is 0 Å². The number of carboxylic acid groups (broad SMARTS) is 2. The summed E-state index contributed by atoms with van der Waals surface area (Å²) in [5, 5.41) is 20.5. The predicted molar refractivity (Wildman–Crippen MR) is 37.4 cm³/mol. The Bertz CT molecular complexity index is 310. The zero-order valence-corrected chi connectivity index (χ0v) is 11.0. The molecular weight excluding hydrogens is 299 g/mol. The molecule has 1 aromatic heterocycles. The van der Waals surface area contributed by atoms with E-state index in [0.29, 0.717) is 0 Å². The topological polar surface area (TPSA) is 94.4 Å². The van der Waals surface area contributed by atoms with Crippen LogP contribution in [-0.2, 0) is 0 Å². The summed E-state index contributed by atoms with van der Waals surface area (Å²) in [6.45, 7) is 0. The minimum atomic E-state index is -1.46. The molecule has 5 nitrogen and oxygen atoms in total. The zero-order chi connectivity index (χ0) is 9.14. The molecule has 62 valence electrons. The van der Waals surface area contributed by atoms with E-state index in [-0.39, 0.29) is 60.1 Å². The van der Waals surface area contributed by atoms with Gasteiger partial charge in [-0.05, 0) is 0 Å². The smallest absolute Gasteiger partial charge is 0.545 e. The summed E-state index contributed by atoms with van der Waals surface area (Å²) in [5.74, 6) is -2.88. The molecule has 0 saturated carbocycles. The molecule has 0 aliphatic heterocycles. The van der Waals surface area contributed by atoms with Gasteiger partial charge in [-0.2, -0.15) is 0 Å². The number of hydrogen-bond donors (Lipinski definition) is 0. The van der Waals surface area contributed by atoms with Crippen LogP contribution in [0.4, 0.5) is 0 Å². The number of H-pyrrole nitrogens is 1. The minimum Gasteiger partial charge on any atom is -0.545 e. The normalized spacial score (nSPS) is 8.62. The van der Waals surface area contributed by atoms with E-state index in [4.69, 9.17) is 0 Å². The van der Waals surface area contributed by atoms with Crippen molar-refractivity contribution in [2.75, 3.05) is 0 Å². The molecule has 1 rings (SSSR count). The predicted octanol–water partition coefficient (Wildman–Crippen LogP) is -3.15. The monoisotopic (exact) mass is 304 g/mol. The molecular formula is C7H4BaNO4+. The first-order valence-electron chi connectivity index (χ1n) is 3.05. The third kappa shape index (κ3) is 3.49. The van der Waals surface area contributed by atoms with Crippen LogP contribution in [0.5, 0.6) is 0 Å². The van der Waals surface area contributed by atoms with E-state index in [9.17, 15) is 19.8 Å². The molecule has 0 aromatic carbocycles. The fraction of sp³-hybridized carbons (Fsp3) is 0. The summed E-state index contributed by atoms with van der Waals surface area (Å²) in [6.07, 6.45) is 1.19. The Morgan fingerprint density at radius 2 is 1.85 bits per heavy atom. The fourth-order valence-corrected chi connectivity index (χ4v) is 0.711. The molecule has 0 saturated heterocycles. The van der Waals surface area contributed by atoms with Gasteiger partial charge in [0.2, 0.25) is 5.69 Å². The Hall–Kier alpha value is -0.339. The van der Waals surface area contributed by atoms with E-state index in [1.807, 2.05) is 0 Å². The third-order valence-electron chi connectivity index (χ3n) is 1.26. The van der Waals surface area contributed by atoms with Gasteiger partial charge in [-0.1, -0.05) is 0 Å². The van der Waals surface area contributed by atoms with Gasteiger partial charge in [0.25, 0.3) is 0 Å². The summed E-state index contributed by atoms with van der Waals surface area (Å²) in [6, 6.07) is 2.13. The maximum Gasteiger partial charge on any atom is 2.00 e. The second-order valence-corrected chi connectivity index (χ2v) is 2.07. The number of carbonyl (C=O) groups is 2. The van der Waals surface area contributed by atoms with E-state index in [1.165, 1.54) is 12.3 Å². The quantitative estimate of drug-likeness (QED) is 0.539. The Labute approximate surface area is 114 Å². The first-order chi connectivity index (χ1) is 5.61. The van der Waals surface area contributed by atoms with Crippen LogP contribution in [0, 0.1) is 0 Å². The van der Waals surface area contributed by atoms with Crippen LogP contribution in [0.1, 0.15) is 20.8 Å². The van der Waals surface area contributed by atoms with Gasteiger partial charge in [0.15, 0.2) is 6.20 Å². The number of pyridine rings is 1. The summed E-state index contributed by atoms with van der Waals surface area (Å²) in [4.78, 5) is 22.8. The number of nitrogens with one attached hydrogen (secondary N) is 1. The van der Waals surface area contributed by atoms with Crippen molar-refractivity contribution in [1.82, 2.24) is 0 Å². The van der Waals surface area contributed by atoms with Crippen LogP contribution in [0.2, 0.25) is 0 Å². The summed E-state index contributed by atoms with van der Waals surface area (Å²) in [7, 11) is 0. The van der Waals surface area contributed by atoms with Gasteiger partial charge in [-0.15, -0.1) is 0 Å². The van der Waals surface area contributed by atoms with Crippen molar-refractivity contribution >= 4 is 60.8 Å². The van der Waals surface area contributed by atoms with Gasteiger partial charge >= 0.3 is 48.9 Å². The van der Waals surface area contributed by atoms with Gasteiger partial charge in [0.05, 0.1) is 5.97 Å². The van der Waals surface area contributed by atoms with Gasteiger partial charge in [0, 0.05) is 17.7 Å². The summed E-state index contributed by atoms with van der Waals surface area (Å²) < 4.78 is 0. The molecule has 13 heavy (non-hydrogen) atoms. The van der Waals surface area contributed by atoms with Crippen molar-refractivity contribution < 1.29 is 24.8 Å². The van der Waals surface area contributed by atoms with Gasteiger partial charge in [-0.25, -0.2) is 4.98 Å².